The van der Waals surface area contributed by atoms with E-state index in [1.165, 1.54) is 0 Å². The van der Waals surface area contributed by atoms with E-state index in [0.29, 0.717) is 12.1 Å². The summed E-state index contributed by atoms with van der Waals surface area (Å²) in [6.45, 7) is 2.30. The molecule has 2 atom stereocenters. The second-order valence-corrected chi connectivity index (χ2v) is 5.07. The summed E-state index contributed by atoms with van der Waals surface area (Å²) in [5, 5.41) is 12.0. The summed E-state index contributed by atoms with van der Waals surface area (Å²) < 4.78 is 0. The van der Waals surface area contributed by atoms with Gasteiger partial charge < -0.3 is 15.3 Å². The summed E-state index contributed by atoms with van der Waals surface area (Å²) in [6, 6.07) is 8.11. The Morgan fingerprint density at radius 1 is 1.40 bits per heavy atom. The maximum Gasteiger partial charge on any atom is 0.251 e. The molecular formula is C15H20N2O3. The Bertz CT molecular complexity index is 475. The first-order valence-electron chi connectivity index (χ1n) is 6.90. The van der Waals surface area contributed by atoms with Gasteiger partial charge in [0.2, 0.25) is 5.91 Å². The predicted octanol–water partition coefficient (Wildman–Crippen LogP) is 0.788. The number of aliphatic hydroxyl groups is 1. The Kier molecular flexibility index (Phi) is 4.74. The van der Waals surface area contributed by atoms with E-state index in [4.69, 9.17) is 0 Å². The van der Waals surface area contributed by atoms with Crippen molar-refractivity contribution in [2.24, 2.45) is 0 Å². The van der Waals surface area contributed by atoms with E-state index >= 15 is 0 Å². The van der Waals surface area contributed by atoms with Crippen molar-refractivity contribution in [1.82, 2.24) is 10.2 Å². The fraction of sp³-hybridized carbons (Fsp3) is 0.467. The molecule has 0 aromatic heterocycles. The van der Waals surface area contributed by atoms with E-state index in [1.54, 1.807) is 36.1 Å². The van der Waals surface area contributed by atoms with Crippen LogP contribution in [-0.4, -0.2) is 47.1 Å². The first-order valence-corrected chi connectivity index (χ1v) is 6.90. The zero-order valence-corrected chi connectivity index (χ0v) is 11.6. The van der Waals surface area contributed by atoms with Gasteiger partial charge in [-0.05, 0) is 31.9 Å². The highest BCUT2D eigenvalue weighted by molar-refractivity contribution is 5.97. The van der Waals surface area contributed by atoms with Gasteiger partial charge in [0.1, 0.15) is 6.04 Å². The summed E-state index contributed by atoms with van der Waals surface area (Å²) in [7, 11) is 0. The van der Waals surface area contributed by atoms with Gasteiger partial charge in [-0.2, -0.15) is 0 Å². The minimum atomic E-state index is -0.588. The minimum absolute atomic E-state index is 0.0227. The summed E-state index contributed by atoms with van der Waals surface area (Å²) in [5.74, 6) is -0.392. The number of likely N-dealkylation sites (tertiary alicyclic amines) is 1. The molecule has 2 N–H and O–H groups in total. The number of hydrogen-bond donors (Lipinski definition) is 2. The number of rotatable bonds is 4. The maximum absolute atomic E-state index is 12.3. The Morgan fingerprint density at radius 2 is 2.10 bits per heavy atom. The van der Waals surface area contributed by atoms with Crippen LogP contribution < -0.4 is 5.32 Å². The summed E-state index contributed by atoms with van der Waals surface area (Å²) >= 11 is 0. The normalized spacial score (nSPS) is 19.7. The van der Waals surface area contributed by atoms with Crippen molar-refractivity contribution in [1.29, 1.82) is 0 Å². The maximum atomic E-state index is 12.3. The van der Waals surface area contributed by atoms with E-state index in [-0.39, 0.29) is 24.5 Å². The lowest BCUT2D eigenvalue weighted by Gasteiger charge is -2.26. The van der Waals surface area contributed by atoms with E-state index in [2.05, 4.69) is 5.32 Å². The molecular weight excluding hydrogens is 256 g/mol. The van der Waals surface area contributed by atoms with Gasteiger partial charge in [-0.1, -0.05) is 18.2 Å². The zero-order valence-electron chi connectivity index (χ0n) is 11.6. The van der Waals surface area contributed by atoms with Crippen molar-refractivity contribution >= 4 is 11.8 Å². The number of carbonyl (C=O) groups excluding carboxylic acids is 2. The van der Waals surface area contributed by atoms with E-state index < -0.39 is 6.04 Å². The smallest absolute Gasteiger partial charge is 0.251 e. The number of carbonyl (C=O) groups is 2. The average Bonchev–Trinajstić information content (AvgIpc) is 2.95. The molecule has 5 heteroatoms. The first kappa shape index (κ1) is 14.5. The molecule has 1 aliphatic heterocycles. The van der Waals surface area contributed by atoms with Crippen LogP contribution in [0.5, 0.6) is 0 Å². The van der Waals surface area contributed by atoms with Crippen molar-refractivity contribution in [2.45, 2.75) is 31.8 Å². The van der Waals surface area contributed by atoms with Gasteiger partial charge in [0.05, 0.1) is 12.6 Å². The van der Waals surface area contributed by atoms with Crippen molar-refractivity contribution in [3.8, 4) is 0 Å². The number of aliphatic hydroxyl groups excluding tert-OH is 1. The predicted molar refractivity (Wildman–Crippen MR) is 75.2 cm³/mol. The molecule has 1 saturated heterocycles. The molecule has 0 saturated carbocycles. The molecule has 1 aromatic carbocycles. The van der Waals surface area contributed by atoms with Crippen molar-refractivity contribution in [2.75, 3.05) is 13.2 Å². The summed E-state index contributed by atoms with van der Waals surface area (Å²) in [6.07, 6.45) is 1.72. The van der Waals surface area contributed by atoms with E-state index in [9.17, 15) is 14.7 Å². The van der Waals surface area contributed by atoms with Gasteiger partial charge >= 0.3 is 0 Å². The third kappa shape index (κ3) is 3.17. The fourth-order valence-corrected chi connectivity index (χ4v) is 2.50. The van der Waals surface area contributed by atoms with Gasteiger partial charge in [0.25, 0.3) is 5.91 Å². The highest BCUT2D eigenvalue weighted by Crippen LogP contribution is 2.17. The molecule has 2 rings (SSSR count). The molecule has 20 heavy (non-hydrogen) atoms. The third-order valence-corrected chi connectivity index (χ3v) is 3.62. The lowest BCUT2D eigenvalue weighted by Crippen LogP contribution is -2.49. The van der Waals surface area contributed by atoms with Crippen LogP contribution in [0.25, 0.3) is 0 Å². The second kappa shape index (κ2) is 6.52. The molecule has 2 unspecified atom stereocenters. The molecule has 1 heterocycles. The molecule has 1 fully saturated rings. The van der Waals surface area contributed by atoms with Gasteiger partial charge in [-0.25, -0.2) is 0 Å². The Labute approximate surface area is 118 Å². The summed E-state index contributed by atoms with van der Waals surface area (Å²) in [5.41, 5.74) is 0.535. The quantitative estimate of drug-likeness (QED) is 0.854. The topological polar surface area (TPSA) is 69.6 Å². The van der Waals surface area contributed by atoms with Gasteiger partial charge in [-0.3, -0.25) is 9.59 Å². The van der Waals surface area contributed by atoms with Gasteiger partial charge in [0, 0.05) is 12.1 Å². The Morgan fingerprint density at radius 3 is 2.75 bits per heavy atom. The molecule has 1 aliphatic rings. The third-order valence-electron chi connectivity index (χ3n) is 3.62. The summed E-state index contributed by atoms with van der Waals surface area (Å²) in [4.78, 5) is 25.9. The number of nitrogens with one attached hydrogen (secondary N) is 1. The molecule has 0 bridgehead atoms. The van der Waals surface area contributed by atoms with Crippen LogP contribution >= 0.6 is 0 Å². The highest BCUT2D eigenvalue weighted by Gasteiger charge is 2.31. The van der Waals surface area contributed by atoms with E-state index in [0.717, 1.165) is 12.8 Å². The monoisotopic (exact) mass is 276 g/mol. The lowest BCUT2D eigenvalue weighted by molar-refractivity contribution is -0.134. The molecule has 1 aromatic rings. The number of benzene rings is 1. The molecule has 5 nitrogen and oxygen atoms in total. The van der Waals surface area contributed by atoms with Crippen LogP contribution in [0.15, 0.2) is 30.3 Å². The Balaban J connectivity index is 1.96. The average molecular weight is 276 g/mol. The van der Waals surface area contributed by atoms with Crippen LogP contribution in [0.4, 0.5) is 0 Å². The van der Waals surface area contributed by atoms with Crippen LogP contribution in [0.1, 0.15) is 30.1 Å². The molecule has 2 amide bonds. The van der Waals surface area contributed by atoms with E-state index in [1.807, 2.05) is 6.07 Å². The first-order chi connectivity index (χ1) is 9.63. The van der Waals surface area contributed by atoms with Crippen molar-refractivity contribution in [3.05, 3.63) is 35.9 Å². The van der Waals surface area contributed by atoms with Crippen molar-refractivity contribution < 1.29 is 14.7 Å². The number of nitrogens with zero attached hydrogens (tertiary/aromatic N) is 1. The SMILES string of the molecule is CC(NC(=O)c1ccccc1)C(=O)N1CCCC1CO. The lowest BCUT2D eigenvalue weighted by atomic mass is 10.2. The highest BCUT2D eigenvalue weighted by atomic mass is 16.3. The fourth-order valence-electron chi connectivity index (χ4n) is 2.50. The van der Waals surface area contributed by atoms with Crippen LogP contribution in [0.3, 0.4) is 0 Å². The molecule has 0 spiro atoms. The zero-order chi connectivity index (χ0) is 14.5. The largest absolute Gasteiger partial charge is 0.394 e. The molecule has 0 aliphatic carbocycles. The number of amides is 2. The second-order valence-electron chi connectivity index (χ2n) is 5.07. The van der Waals surface area contributed by atoms with Gasteiger partial charge in [0.15, 0.2) is 0 Å². The molecule has 108 valence electrons. The minimum Gasteiger partial charge on any atom is -0.394 e. The van der Waals surface area contributed by atoms with Gasteiger partial charge in [-0.15, -0.1) is 0 Å². The molecule has 0 radical (unpaired) electrons. The standard InChI is InChI=1S/C15H20N2O3/c1-11(15(20)17-9-5-8-13(17)10-18)16-14(19)12-6-3-2-4-7-12/h2-4,6-7,11,13,18H,5,8-10H2,1H3,(H,16,19). The number of hydrogen-bond acceptors (Lipinski definition) is 3. The van der Waals surface area contributed by atoms with Crippen LogP contribution in [0, 0.1) is 0 Å². The van der Waals surface area contributed by atoms with Crippen molar-refractivity contribution in [3.63, 3.8) is 0 Å². The van der Waals surface area contributed by atoms with Crippen LogP contribution in [0.2, 0.25) is 0 Å². The Hall–Kier alpha value is -1.88. The van der Waals surface area contributed by atoms with Crippen LogP contribution in [-0.2, 0) is 4.79 Å².